The number of anilines is 1. The van der Waals surface area contributed by atoms with E-state index in [1.807, 2.05) is 6.08 Å². The van der Waals surface area contributed by atoms with Crippen molar-refractivity contribution in [2.75, 3.05) is 5.73 Å². The predicted octanol–water partition coefficient (Wildman–Crippen LogP) is 2.50. The largest absolute Gasteiger partial charge is 0.384 e. The van der Waals surface area contributed by atoms with Crippen LogP contribution in [0.2, 0.25) is 0 Å². The number of hydrogen-bond acceptors (Lipinski definition) is 5. The molecule has 1 unspecified atom stereocenters. The second-order valence-electron chi connectivity index (χ2n) is 6.21. The first kappa shape index (κ1) is 17.3. The zero-order chi connectivity index (χ0) is 17.5. The lowest BCUT2D eigenvalue weighted by molar-refractivity contribution is 0.113. The number of nitrogen functional groups attached to an aromatic ring is 1. The van der Waals surface area contributed by atoms with Gasteiger partial charge in [0.25, 0.3) is 10.0 Å². The maximum atomic E-state index is 13.2. The molecule has 0 saturated carbocycles. The summed E-state index contributed by atoms with van der Waals surface area (Å²) >= 11 is 6.30. The molecule has 3 atom stereocenters. The van der Waals surface area contributed by atoms with Gasteiger partial charge in [0.15, 0.2) is 5.03 Å². The zero-order valence-electron chi connectivity index (χ0n) is 13.6. The van der Waals surface area contributed by atoms with Crippen molar-refractivity contribution in [2.45, 2.75) is 50.0 Å². The predicted molar refractivity (Wildman–Crippen MR) is 94.5 cm³/mol. The Morgan fingerprint density at radius 3 is 2.54 bits per heavy atom. The number of allylic oxidation sites excluding steroid dienone is 2. The van der Waals surface area contributed by atoms with E-state index in [-0.39, 0.29) is 28.1 Å². The van der Waals surface area contributed by atoms with E-state index in [0.29, 0.717) is 0 Å². The van der Waals surface area contributed by atoms with Gasteiger partial charge in [0.2, 0.25) is 0 Å². The summed E-state index contributed by atoms with van der Waals surface area (Å²) in [6.07, 6.45) is 6.81. The van der Waals surface area contributed by atoms with Crippen molar-refractivity contribution >= 4 is 27.4 Å². The molecule has 0 amide bonds. The molecule has 2 aliphatic heterocycles. The molecule has 0 aromatic carbocycles. The topological polar surface area (TPSA) is 79.5 Å². The van der Waals surface area contributed by atoms with Crippen LogP contribution in [-0.2, 0) is 10.0 Å². The van der Waals surface area contributed by atoms with Crippen LogP contribution >= 0.6 is 11.6 Å². The van der Waals surface area contributed by atoms with E-state index in [1.54, 1.807) is 24.3 Å². The van der Waals surface area contributed by atoms with Crippen molar-refractivity contribution in [3.05, 3.63) is 41.6 Å². The molecule has 3 heterocycles. The van der Waals surface area contributed by atoms with Crippen LogP contribution in [0, 0.1) is 0 Å². The number of rotatable bonds is 3. The summed E-state index contributed by atoms with van der Waals surface area (Å²) in [5.74, 6) is 0.156. The summed E-state index contributed by atoms with van der Waals surface area (Å²) in [4.78, 5) is 6.15. The van der Waals surface area contributed by atoms with Crippen LogP contribution < -0.4 is 5.73 Å². The third kappa shape index (κ3) is 2.92. The molecule has 2 N–H and O–H groups in total. The van der Waals surface area contributed by atoms with Crippen molar-refractivity contribution < 1.29 is 8.42 Å². The van der Waals surface area contributed by atoms with Crippen LogP contribution in [0.25, 0.3) is 0 Å². The van der Waals surface area contributed by atoms with Crippen LogP contribution in [0.15, 0.2) is 46.6 Å². The number of hydrogen-bond donors (Lipinski definition) is 1. The van der Waals surface area contributed by atoms with Crippen molar-refractivity contribution in [1.29, 1.82) is 0 Å². The maximum Gasteiger partial charge on any atom is 0.284 e. The van der Waals surface area contributed by atoms with Gasteiger partial charge in [-0.3, -0.25) is 4.90 Å². The number of halogens is 1. The van der Waals surface area contributed by atoms with Gasteiger partial charge in [0.1, 0.15) is 17.1 Å². The molecule has 8 heteroatoms. The highest BCUT2D eigenvalue weighted by atomic mass is 35.5. The molecule has 3 rings (SSSR count). The number of pyridine rings is 1. The zero-order valence-corrected chi connectivity index (χ0v) is 15.2. The maximum absolute atomic E-state index is 13.2. The van der Waals surface area contributed by atoms with E-state index in [1.165, 1.54) is 10.4 Å². The molecule has 1 fully saturated rings. The van der Waals surface area contributed by atoms with Crippen molar-refractivity contribution in [3.63, 3.8) is 0 Å². The molecule has 0 spiro atoms. The minimum absolute atomic E-state index is 0.103. The molecule has 24 heavy (non-hydrogen) atoms. The van der Waals surface area contributed by atoms with E-state index in [9.17, 15) is 8.42 Å². The highest BCUT2D eigenvalue weighted by Gasteiger charge is 2.42. The van der Waals surface area contributed by atoms with Gasteiger partial charge in [-0.15, -0.1) is 0 Å². The number of nitrogens with zero attached hydrogens (tertiary/aromatic N) is 3. The second kappa shape index (κ2) is 6.38. The van der Waals surface area contributed by atoms with Gasteiger partial charge in [-0.05, 0) is 51.0 Å². The normalized spacial score (nSPS) is 28.2. The third-order valence-electron chi connectivity index (χ3n) is 4.56. The average molecular weight is 369 g/mol. The van der Waals surface area contributed by atoms with Gasteiger partial charge in [-0.25, -0.2) is 9.29 Å². The fourth-order valence-corrected chi connectivity index (χ4v) is 5.27. The minimum Gasteiger partial charge on any atom is -0.384 e. The fourth-order valence-electron chi connectivity index (χ4n) is 3.40. The SMILES string of the molecule is C[C@@H]1CC[C@H](C)N1C1C=CC=C(Cl)N1S(=O)(=O)c1cccc(N)n1. The van der Waals surface area contributed by atoms with Gasteiger partial charge in [0.05, 0.1) is 0 Å². The number of aromatic nitrogens is 1. The summed E-state index contributed by atoms with van der Waals surface area (Å²) in [6.45, 7) is 4.21. The van der Waals surface area contributed by atoms with Crippen LogP contribution in [0.1, 0.15) is 26.7 Å². The molecule has 130 valence electrons. The van der Waals surface area contributed by atoms with Crippen LogP contribution in [0.4, 0.5) is 5.82 Å². The van der Waals surface area contributed by atoms with Crippen molar-refractivity contribution in [1.82, 2.24) is 14.2 Å². The van der Waals surface area contributed by atoms with Gasteiger partial charge in [-0.1, -0.05) is 23.7 Å². The Balaban J connectivity index is 2.05. The monoisotopic (exact) mass is 368 g/mol. The van der Waals surface area contributed by atoms with E-state index in [0.717, 1.165) is 12.8 Å². The lowest BCUT2D eigenvalue weighted by Crippen LogP contribution is -2.52. The van der Waals surface area contributed by atoms with Crippen molar-refractivity contribution in [2.24, 2.45) is 0 Å². The van der Waals surface area contributed by atoms with Crippen molar-refractivity contribution in [3.8, 4) is 0 Å². The second-order valence-corrected chi connectivity index (χ2v) is 8.36. The standard InChI is InChI=1S/C16H21ClN4O2S/c1-11-9-10-12(2)20(11)16-8-3-5-13(17)21(16)24(22,23)15-7-4-6-14(18)19-15/h3-8,11-12,16H,9-10H2,1-2H3,(H2,18,19)/t11-,12+,16?. The summed E-state index contributed by atoms with van der Waals surface area (Å²) in [7, 11) is -3.92. The first-order chi connectivity index (χ1) is 11.3. The van der Waals surface area contributed by atoms with Gasteiger partial charge in [0, 0.05) is 12.1 Å². The Labute approximate surface area is 147 Å². The molecule has 6 nitrogen and oxygen atoms in total. The van der Waals surface area contributed by atoms with E-state index in [2.05, 4.69) is 23.7 Å². The van der Waals surface area contributed by atoms with Crippen LogP contribution in [0.3, 0.4) is 0 Å². The summed E-state index contributed by atoms with van der Waals surface area (Å²) < 4.78 is 27.5. The first-order valence-electron chi connectivity index (χ1n) is 7.91. The minimum atomic E-state index is -3.92. The Bertz CT molecular complexity index is 783. The molecule has 1 aromatic rings. The molecule has 1 saturated heterocycles. The molecule has 0 radical (unpaired) electrons. The highest BCUT2D eigenvalue weighted by Crippen LogP contribution is 2.35. The van der Waals surface area contributed by atoms with E-state index < -0.39 is 16.2 Å². The van der Waals surface area contributed by atoms with Gasteiger partial charge >= 0.3 is 0 Å². The third-order valence-corrected chi connectivity index (χ3v) is 6.66. The molecule has 2 aliphatic rings. The molecule has 0 aliphatic carbocycles. The van der Waals surface area contributed by atoms with Crippen LogP contribution in [-0.4, -0.2) is 40.9 Å². The van der Waals surface area contributed by atoms with Crippen LogP contribution in [0.5, 0.6) is 0 Å². The fraction of sp³-hybridized carbons (Fsp3) is 0.438. The number of likely N-dealkylation sites (tertiary alicyclic amines) is 1. The smallest absolute Gasteiger partial charge is 0.284 e. The van der Waals surface area contributed by atoms with Gasteiger partial charge in [-0.2, -0.15) is 8.42 Å². The summed E-state index contributed by atoms with van der Waals surface area (Å²) in [6, 6.07) is 5.09. The lowest BCUT2D eigenvalue weighted by Gasteiger charge is -2.41. The molecule has 0 bridgehead atoms. The Morgan fingerprint density at radius 2 is 1.92 bits per heavy atom. The average Bonchev–Trinajstić information content (AvgIpc) is 2.85. The highest BCUT2D eigenvalue weighted by molar-refractivity contribution is 7.89. The Hall–Kier alpha value is -1.57. The quantitative estimate of drug-likeness (QED) is 0.829. The molecular weight excluding hydrogens is 348 g/mol. The Morgan fingerprint density at radius 1 is 1.25 bits per heavy atom. The lowest BCUT2D eigenvalue weighted by atomic mass is 10.2. The summed E-state index contributed by atoms with van der Waals surface area (Å²) in [5.41, 5.74) is 5.65. The summed E-state index contributed by atoms with van der Waals surface area (Å²) in [5, 5.41) is 0.0480. The number of sulfonamides is 1. The van der Waals surface area contributed by atoms with E-state index >= 15 is 0 Å². The molecule has 1 aromatic heterocycles. The first-order valence-corrected chi connectivity index (χ1v) is 9.72. The van der Waals surface area contributed by atoms with Gasteiger partial charge < -0.3 is 5.73 Å². The molecular formula is C16H21ClN4O2S. The number of nitrogens with two attached hydrogens (primary N) is 1. The Kier molecular flexibility index (Phi) is 4.59. The van der Waals surface area contributed by atoms with E-state index in [4.69, 9.17) is 17.3 Å².